The van der Waals surface area contributed by atoms with Gasteiger partial charge in [-0.25, -0.2) is 4.39 Å². The fraction of sp³-hybridized carbons (Fsp3) is 0.765. The summed E-state index contributed by atoms with van der Waals surface area (Å²) in [7, 11) is 0. The van der Waals surface area contributed by atoms with E-state index in [9.17, 15) is 24.3 Å². The molecule has 4 rings (SSSR count). The van der Waals surface area contributed by atoms with Gasteiger partial charge >= 0.3 is 11.9 Å². The molecule has 0 saturated heterocycles. The van der Waals surface area contributed by atoms with Gasteiger partial charge in [-0.2, -0.15) is 0 Å². The molecule has 4 aliphatic carbocycles. The predicted molar refractivity (Wildman–Crippen MR) is 156 cm³/mol. The molecule has 0 radical (unpaired) electrons. The van der Waals surface area contributed by atoms with Gasteiger partial charge in [0, 0.05) is 35.5 Å². The van der Waals surface area contributed by atoms with Gasteiger partial charge in [-0.05, 0) is 63.5 Å². The molecule has 0 aromatic heterocycles. The molecule has 0 aliphatic heterocycles. The van der Waals surface area contributed by atoms with Gasteiger partial charge in [0.25, 0.3) is 0 Å². The summed E-state index contributed by atoms with van der Waals surface area (Å²) in [6, 6.07) is 0. The first kappa shape index (κ1) is 32.6. The Kier molecular flexibility index (Phi) is 9.56. The zero-order valence-electron chi connectivity index (χ0n) is 26.0. The van der Waals surface area contributed by atoms with E-state index < -0.39 is 64.4 Å². The molecule has 0 heterocycles. The highest BCUT2D eigenvalue weighted by molar-refractivity contribution is 6.01. The van der Waals surface area contributed by atoms with E-state index in [1.165, 1.54) is 12.2 Å². The molecule has 1 N–H and O–H groups in total. The van der Waals surface area contributed by atoms with Crippen LogP contribution in [0.3, 0.4) is 0 Å². The molecular formula is C34H49FO7. The largest absolute Gasteiger partial charge is 0.457 e. The van der Waals surface area contributed by atoms with Gasteiger partial charge in [0.2, 0.25) is 5.78 Å². The normalized spacial score (nSPS) is 38.6. The molecule has 3 saturated carbocycles. The van der Waals surface area contributed by atoms with Gasteiger partial charge in [0.05, 0.1) is 6.10 Å². The van der Waals surface area contributed by atoms with E-state index in [4.69, 9.17) is 9.47 Å². The minimum absolute atomic E-state index is 0.0989. The number of ketones is 2. The molecule has 0 bridgehead atoms. The van der Waals surface area contributed by atoms with E-state index in [1.54, 1.807) is 13.0 Å². The van der Waals surface area contributed by atoms with Gasteiger partial charge in [-0.1, -0.05) is 65.0 Å². The monoisotopic (exact) mass is 588 g/mol. The minimum atomic E-state index is -2.06. The van der Waals surface area contributed by atoms with Crippen molar-refractivity contribution in [2.75, 3.05) is 6.61 Å². The van der Waals surface area contributed by atoms with Crippen molar-refractivity contribution < 1.29 is 38.1 Å². The number of aliphatic hydroxyl groups is 1. The van der Waals surface area contributed by atoms with Crippen LogP contribution in [0.1, 0.15) is 112 Å². The van der Waals surface area contributed by atoms with E-state index in [0.717, 1.165) is 25.7 Å². The lowest BCUT2D eigenvalue weighted by atomic mass is 9.44. The quantitative estimate of drug-likeness (QED) is 0.215. The van der Waals surface area contributed by atoms with Gasteiger partial charge in [-0.3, -0.25) is 19.2 Å². The topological polar surface area (TPSA) is 107 Å². The molecule has 0 spiro atoms. The van der Waals surface area contributed by atoms with Crippen LogP contribution < -0.4 is 0 Å². The molecular weight excluding hydrogens is 539 g/mol. The summed E-state index contributed by atoms with van der Waals surface area (Å²) >= 11 is 0. The van der Waals surface area contributed by atoms with Crippen LogP contribution in [0.25, 0.3) is 0 Å². The summed E-state index contributed by atoms with van der Waals surface area (Å²) in [5.41, 5.74) is -5.28. The number of fused-ring (bicyclic) bond motifs is 5. The van der Waals surface area contributed by atoms with Gasteiger partial charge in [0.1, 0.15) is 0 Å². The second-order valence-electron chi connectivity index (χ2n) is 13.6. The zero-order valence-corrected chi connectivity index (χ0v) is 26.0. The number of unbranched alkanes of at least 4 members (excludes halogenated alkanes) is 4. The highest BCUT2D eigenvalue weighted by Gasteiger charge is 2.77. The Morgan fingerprint density at radius 1 is 1.02 bits per heavy atom. The van der Waals surface area contributed by atoms with E-state index in [-0.39, 0.29) is 31.0 Å². The van der Waals surface area contributed by atoms with Crippen LogP contribution in [-0.4, -0.2) is 52.6 Å². The Labute approximate surface area is 249 Å². The third-order valence-corrected chi connectivity index (χ3v) is 11.2. The highest BCUT2D eigenvalue weighted by Crippen LogP contribution is 2.71. The molecule has 8 atom stereocenters. The van der Waals surface area contributed by atoms with Crippen LogP contribution in [-0.2, 0) is 28.7 Å². The van der Waals surface area contributed by atoms with E-state index in [1.807, 2.05) is 20.8 Å². The van der Waals surface area contributed by atoms with E-state index in [0.29, 0.717) is 37.7 Å². The van der Waals surface area contributed by atoms with E-state index >= 15 is 4.39 Å². The van der Waals surface area contributed by atoms with Crippen LogP contribution in [0.2, 0.25) is 0 Å². The molecule has 0 aromatic carbocycles. The van der Waals surface area contributed by atoms with Crippen molar-refractivity contribution in [1.29, 1.82) is 0 Å². The number of alkyl halides is 1. The number of aliphatic hydroxyl groups excluding tert-OH is 1. The van der Waals surface area contributed by atoms with Crippen molar-refractivity contribution in [2.45, 2.75) is 129 Å². The summed E-state index contributed by atoms with van der Waals surface area (Å²) in [5, 5.41) is 11.7. The predicted octanol–water partition coefficient (Wildman–Crippen LogP) is 6.16. The van der Waals surface area contributed by atoms with Gasteiger partial charge < -0.3 is 14.6 Å². The number of allylic oxidation sites excluding steroid dienone is 4. The molecule has 3 fully saturated rings. The number of rotatable bonds is 12. The van der Waals surface area contributed by atoms with Crippen molar-refractivity contribution in [3.8, 4) is 0 Å². The lowest BCUT2D eigenvalue weighted by molar-refractivity contribution is -0.228. The number of carbonyl (C=O) groups is 4. The maximum absolute atomic E-state index is 17.6. The first-order chi connectivity index (χ1) is 19.8. The number of hydrogen-bond donors (Lipinski definition) is 1. The molecule has 0 amide bonds. The summed E-state index contributed by atoms with van der Waals surface area (Å²) in [5.74, 6) is -3.14. The molecule has 8 unspecified atom stereocenters. The fourth-order valence-electron chi connectivity index (χ4n) is 8.97. The first-order valence-electron chi connectivity index (χ1n) is 16.0. The third kappa shape index (κ3) is 5.09. The number of hydrogen-bond acceptors (Lipinski definition) is 7. The number of ether oxygens (including phenoxy) is 2. The Bertz CT molecular complexity index is 1140. The van der Waals surface area contributed by atoms with Gasteiger partial charge in [-0.15, -0.1) is 0 Å². The standard InChI is InChI=1S/C34H49FO7/c1-6-8-10-11-13-30(40)42-34(28(38)21-41-29(39)12-9-7-2)22(3)18-26-25-15-14-23-19-24(36)16-17-31(23,4)33(25,35)27(37)20-32(26,34)5/h16-17,19,22,25-27,37H,6-15,18,20-21H2,1-5H3. The van der Waals surface area contributed by atoms with E-state index in [2.05, 4.69) is 6.92 Å². The van der Waals surface area contributed by atoms with Crippen molar-refractivity contribution in [3.05, 3.63) is 23.8 Å². The Hall–Kier alpha value is -2.35. The minimum Gasteiger partial charge on any atom is -0.457 e. The van der Waals surface area contributed by atoms with Crippen LogP contribution in [0, 0.1) is 28.6 Å². The Morgan fingerprint density at radius 2 is 1.71 bits per heavy atom. The lowest BCUT2D eigenvalue weighted by Gasteiger charge is -2.62. The average Bonchev–Trinajstić information content (AvgIpc) is 3.16. The maximum Gasteiger partial charge on any atom is 0.306 e. The summed E-state index contributed by atoms with van der Waals surface area (Å²) in [4.78, 5) is 52.1. The van der Waals surface area contributed by atoms with Crippen molar-refractivity contribution in [3.63, 3.8) is 0 Å². The highest BCUT2D eigenvalue weighted by atomic mass is 19.1. The summed E-state index contributed by atoms with van der Waals surface area (Å²) in [6.45, 7) is 8.96. The fourth-order valence-corrected chi connectivity index (χ4v) is 8.97. The van der Waals surface area contributed by atoms with Crippen molar-refractivity contribution in [2.24, 2.45) is 28.6 Å². The SMILES string of the molecule is CCCCCCC(=O)OC1(C(=O)COC(=O)CCCC)C(C)CC2C3CCC4=CC(=O)C=CC4(C)C3(F)C(O)CC21C. The third-order valence-electron chi connectivity index (χ3n) is 11.2. The smallest absolute Gasteiger partial charge is 0.306 e. The number of Topliss-reactive ketones (excluding diaryl/α,β-unsaturated/α-hetero) is 1. The number of esters is 2. The lowest BCUT2D eigenvalue weighted by Crippen LogP contribution is -2.70. The van der Waals surface area contributed by atoms with Crippen molar-refractivity contribution >= 4 is 23.5 Å². The molecule has 0 aromatic rings. The maximum atomic E-state index is 17.6. The molecule has 4 aliphatic rings. The van der Waals surface area contributed by atoms with Crippen LogP contribution in [0.5, 0.6) is 0 Å². The van der Waals surface area contributed by atoms with Gasteiger partial charge in [0.15, 0.2) is 23.7 Å². The Balaban J connectivity index is 1.71. The summed E-state index contributed by atoms with van der Waals surface area (Å²) in [6.07, 6.45) is 9.55. The van der Waals surface area contributed by atoms with Crippen molar-refractivity contribution in [1.82, 2.24) is 0 Å². The second-order valence-corrected chi connectivity index (χ2v) is 13.6. The molecule has 234 valence electrons. The zero-order chi connectivity index (χ0) is 30.9. The molecule has 7 nitrogen and oxygen atoms in total. The molecule has 42 heavy (non-hydrogen) atoms. The van der Waals surface area contributed by atoms with Crippen LogP contribution >= 0.6 is 0 Å². The van der Waals surface area contributed by atoms with Crippen LogP contribution in [0.4, 0.5) is 4.39 Å². The first-order valence-corrected chi connectivity index (χ1v) is 16.0. The molecule has 8 heteroatoms. The summed E-state index contributed by atoms with van der Waals surface area (Å²) < 4.78 is 29.3. The number of carbonyl (C=O) groups excluding carboxylic acids is 4. The van der Waals surface area contributed by atoms with Crippen LogP contribution in [0.15, 0.2) is 23.8 Å². The second kappa shape index (κ2) is 12.3. The average molecular weight is 589 g/mol. The Morgan fingerprint density at radius 3 is 2.40 bits per heavy atom. The number of halogens is 1.